The number of nitro benzene ring substituents is 1. The van der Waals surface area contributed by atoms with Crippen LogP contribution in [0.2, 0.25) is 0 Å². The van der Waals surface area contributed by atoms with E-state index in [9.17, 15) is 24.4 Å². The number of hydrogen-bond acceptors (Lipinski definition) is 5. The van der Waals surface area contributed by atoms with Gasteiger partial charge in [-0.25, -0.2) is 4.39 Å². The van der Waals surface area contributed by atoms with Gasteiger partial charge in [0.15, 0.2) is 5.69 Å². The molecule has 8 nitrogen and oxygen atoms in total. The predicted molar refractivity (Wildman–Crippen MR) is 81.9 cm³/mol. The first-order valence-electron chi connectivity index (χ1n) is 6.66. The third-order valence-electron chi connectivity index (χ3n) is 3.26. The second-order valence-corrected chi connectivity index (χ2v) is 4.82. The molecule has 1 amide bonds. The first-order chi connectivity index (χ1) is 11.5. The maximum atomic E-state index is 13.1. The van der Waals surface area contributed by atoms with E-state index in [1.54, 1.807) is 0 Å². The van der Waals surface area contributed by atoms with Crippen LogP contribution in [0.1, 0.15) is 10.4 Å². The Morgan fingerprint density at radius 1 is 1.25 bits per heavy atom. The van der Waals surface area contributed by atoms with E-state index in [-0.39, 0.29) is 28.2 Å². The maximum Gasteiger partial charge on any atom is 0.295 e. The normalized spacial score (nSPS) is 11.2. The summed E-state index contributed by atoms with van der Waals surface area (Å²) < 4.78 is 13.1. The molecule has 0 fully saturated rings. The van der Waals surface area contributed by atoms with Gasteiger partial charge >= 0.3 is 0 Å². The Morgan fingerprint density at radius 2 is 2.04 bits per heavy atom. The highest BCUT2D eigenvalue weighted by molar-refractivity contribution is 5.97. The Labute approximate surface area is 133 Å². The molecule has 0 aliphatic rings. The van der Waals surface area contributed by atoms with Crippen molar-refractivity contribution in [3.05, 3.63) is 64.0 Å². The minimum absolute atomic E-state index is 0.0101. The lowest BCUT2D eigenvalue weighted by Gasteiger charge is -1.95. The van der Waals surface area contributed by atoms with Crippen molar-refractivity contribution in [2.75, 3.05) is 0 Å². The number of nitrogens with one attached hydrogen (secondary N) is 1. The van der Waals surface area contributed by atoms with Crippen LogP contribution >= 0.6 is 0 Å². The van der Waals surface area contributed by atoms with E-state index < -0.39 is 16.6 Å². The number of amides is 1. The number of hydrogen-bond donors (Lipinski definition) is 2. The molecule has 9 heteroatoms. The Balaban J connectivity index is 1.99. The lowest BCUT2D eigenvalue weighted by molar-refractivity contribution is -0.384. The Kier molecular flexibility index (Phi) is 3.74. The van der Waals surface area contributed by atoms with Gasteiger partial charge in [-0.05, 0) is 24.3 Å². The average molecular weight is 328 g/mol. The zero-order valence-electron chi connectivity index (χ0n) is 11.9. The van der Waals surface area contributed by atoms with Crippen LogP contribution in [0, 0.1) is 15.9 Å². The van der Waals surface area contributed by atoms with Crippen molar-refractivity contribution in [1.29, 1.82) is 0 Å². The fourth-order valence-electron chi connectivity index (χ4n) is 2.14. The van der Waals surface area contributed by atoms with E-state index in [1.807, 2.05) is 0 Å². The van der Waals surface area contributed by atoms with Gasteiger partial charge in [0.1, 0.15) is 5.82 Å². The highest BCUT2D eigenvalue weighted by atomic mass is 19.1. The molecule has 2 aromatic carbocycles. The molecule has 24 heavy (non-hydrogen) atoms. The van der Waals surface area contributed by atoms with Crippen molar-refractivity contribution in [1.82, 2.24) is 4.98 Å². The Hall–Kier alpha value is -3.62. The quantitative estimate of drug-likeness (QED) is 0.431. The molecule has 2 N–H and O–H groups in total. The fraction of sp³-hybridized carbons (Fsp3) is 0. The van der Waals surface area contributed by atoms with Crippen molar-refractivity contribution >= 4 is 28.2 Å². The van der Waals surface area contributed by atoms with Crippen LogP contribution < -0.4 is 0 Å². The summed E-state index contributed by atoms with van der Waals surface area (Å²) >= 11 is 0. The summed E-state index contributed by atoms with van der Waals surface area (Å²) in [5.74, 6) is -1.79. The number of non-ortho nitro benzene ring substituents is 1. The van der Waals surface area contributed by atoms with Gasteiger partial charge in [-0.2, -0.15) is 0 Å². The molecule has 0 aliphatic heterocycles. The summed E-state index contributed by atoms with van der Waals surface area (Å²) in [7, 11) is 0. The number of carbonyl (C=O) groups is 1. The van der Waals surface area contributed by atoms with Gasteiger partial charge in [-0.3, -0.25) is 14.9 Å². The molecule has 0 saturated heterocycles. The summed E-state index contributed by atoms with van der Waals surface area (Å²) in [6, 6.07) is 8.76. The van der Waals surface area contributed by atoms with E-state index in [4.69, 9.17) is 0 Å². The van der Waals surface area contributed by atoms with E-state index in [1.165, 1.54) is 36.4 Å². The van der Waals surface area contributed by atoms with Gasteiger partial charge in [0.25, 0.3) is 11.6 Å². The van der Waals surface area contributed by atoms with E-state index in [0.29, 0.717) is 5.52 Å². The number of benzene rings is 2. The molecule has 3 rings (SSSR count). The number of rotatable bonds is 3. The number of H-pyrrole nitrogens is 1. The van der Waals surface area contributed by atoms with Gasteiger partial charge in [0, 0.05) is 23.1 Å². The van der Waals surface area contributed by atoms with Gasteiger partial charge in [-0.1, -0.05) is 6.07 Å². The minimum Gasteiger partial charge on any atom is -0.493 e. The summed E-state index contributed by atoms with van der Waals surface area (Å²) in [6.45, 7) is 0. The number of aromatic nitrogens is 1. The summed E-state index contributed by atoms with van der Waals surface area (Å²) in [5, 5.41) is 28.0. The van der Waals surface area contributed by atoms with E-state index in [0.717, 1.165) is 6.07 Å². The summed E-state index contributed by atoms with van der Waals surface area (Å²) in [4.78, 5) is 24.7. The van der Waals surface area contributed by atoms with Crippen molar-refractivity contribution in [2.45, 2.75) is 0 Å². The first kappa shape index (κ1) is 15.3. The number of aromatic amines is 1. The number of nitro groups is 1. The maximum absolute atomic E-state index is 13.1. The van der Waals surface area contributed by atoms with Crippen LogP contribution in [0.25, 0.3) is 10.9 Å². The molecular formula is C15H9FN4O4. The van der Waals surface area contributed by atoms with Crippen molar-refractivity contribution in [2.24, 2.45) is 10.2 Å². The van der Waals surface area contributed by atoms with Gasteiger partial charge in [-0.15, -0.1) is 10.2 Å². The monoisotopic (exact) mass is 328 g/mol. The SMILES string of the molecule is O=C(N=Nc1c(O)[nH]c2ccc([N+](=O)[O-])cc12)c1cccc(F)c1. The molecule has 0 unspecified atom stereocenters. The molecule has 0 bridgehead atoms. The van der Waals surface area contributed by atoms with Gasteiger partial charge < -0.3 is 10.1 Å². The lowest BCUT2D eigenvalue weighted by Crippen LogP contribution is -1.93. The summed E-state index contributed by atoms with van der Waals surface area (Å²) in [5.41, 5.74) is 0.0715. The largest absolute Gasteiger partial charge is 0.493 e. The standard InChI is InChI=1S/C15H9FN4O4/c16-9-3-1-2-8(6-9)14(21)19-18-13-11-7-10(20(23)24)4-5-12(11)17-15(13)22/h1-7,17,22H. The smallest absolute Gasteiger partial charge is 0.295 e. The molecule has 0 aliphatic carbocycles. The molecule has 3 aromatic rings. The molecule has 120 valence electrons. The van der Waals surface area contributed by atoms with E-state index in [2.05, 4.69) is 15.2 Å². The molecule has 1 aromatic heterocycles. The van der Waals surface area contributed by atoms with Crippen molar-refractivity contribution in [3.63, 3.8) is 0 Å². The second-order valence-electron chi connectivity index (χ2n) is 4.82. The number of halogens is 1. The van der Waals surface area contributed by atoms with Crippen molar-refractivity contribution in [3.8, 4) is 5.88 Å². The Morgan fingerprint density at radius 3 is 2.75 bits per heavy atom. The van der Waals surface area contributed by atoms with Crippen LogP contribution in [0.5, 0.6) is 5.88 Å². The fourth-order valence-corrected chi connectivity index (χ4v) is 2.14. The third kappa shape index (κ3) is 2.82. The zero-order valence-corrected chi connectivity index (χ0v) is 11.9. The number of aromatic hydroxyl groups is 1. The third-order valence-corrected chi connectivity index (χ3v) is 3.26. The molecule has 0 saturated carbocycles. The minimum atomic E-state index is -0.811. The predicted octanol–water partition coefficient (Wildman–Crippen LogP) is 3.84. The number of carbonyl (C=O) groups excluding carboxylic acids is 1. The lowest BCUT2D eigenvalue weighted by atomic mass is 10.2. The average Bonchev–Trinajstić information content (AvgIpc) is 2.87. The highest BCUT2D eigenvalue weighted by Crippen LogP contribution is 2.37. The highest BCUT2D eigenvalue weighted by Gasteiger charge is 2.15. The van der Waals surface area contributed by atoms with Crippen LogP contribution in [0.3, 0.4) is 0 Å². The zero-order chi connectivity index (χ0) is 17.3. The number of azo groups is 1. The topological polar surface area (TPSA) is 121 Å². The molecule has 0 radical (unpaired) electrons. The van der Waals surface area contributed by atoms with Crippen LogP contribution in [0.15, 0.2) is 52.7 Å². The van der Waals surface area contributed by atoms with E-state index >= 15 is 0 Å². The van der Waals surface area contributed by atoms with Gasteiger partial charge in [0.2, 0.25) is 5.88 Å². The molecule has 0 atom stereocenters. The Bertz CT molecular complexity index is 996. The van der Waals surface area contributed by atoms with Crippen molar-refractivity contribution < 1.29 is 19.2 Å². The molecule has 1 heterocycles. The van der Waals surface area contributed by atoms with Crippen LogP contribution in [-0.4, -0.2) is 20.9 Å². The molecular weight excluding hydrogens is 319 g/mol. The summed E-state index contributed by atoms with van der Waals surface area (Å²) in [6.07, 6.45) is 0. The number of nitrogens with zero attached hydrogens (tertiary/aromatic N) is 3. The van der Waals surface area contributed by atoms with Crippen LogP contribution in [-0.2, 0) is 0 Å². The molecule has 0 spiro atoms. The number of fused-ring (bicyclic) bond motifs is 1. The van der Waals surface area contributed by atoms with Gasteiger partial charge in [0.05, 0.1) is 10.4 Å². The first-order valence-corrected chi connectivity index (χ1v) is 6.66. The van der Waals surface area contributed by atoms with Crippen LogP contribution in [0.4, 0.5) is 15.8 Å². The second kappa shape index (κ2) is 5.88.